The smallest absolute Gasteiger partial charge is 0.0557 e. The quantitative estimate of drug-likeness (QED) is 0.540. The summed E-state index contributed by atoms with van der Waals surface area (Å²) in [6.07, 6.45) is 0. The van der Waals surface area contributed by atoms with Crippen LogP contribution in [0.1, 0.15) is 6.92 Å². The minimum Gasteiger partial charge on any atom is -0.380 e. The van der Waals surface area contributed by atoms with Gasteiger partial charge in [-0.1, -0.05) is 0 Å². The van der Waals surface area contributed by atoms with Gasteiger partial charge in [-0.2, -0.15) is 0 Å². The van der Waals surface area contributed by atoms with E-state index in [1.165, 1.54) is 0 Å². The van der Waals surface area contributed by atoms with Crippen molar-refractivity contribution in [2.75, 3.05) is 24.7 Å². The molecule has 0 spiro atoms. The second-order valence-electron chi connectivity index (χ2n) is 1.92. The first-order valence-corrected chi connectivity index (χ1v) is 5.30. The van der Waals surface area contributed by atoms with E-state index in [4.69, 9.17) is 4.74 Å². The van der Waals surface area contributed by atoms with Crippen LogP contribution in [-0.4, -0.2) is 29.3 Å². The van der Waals surface area contributed by atoms with Gasteiger partial charge in [-0.25, -0.2) is 0 Å². The van der Waals surface area contributed by atoms with Gasteiger partial charge in [0.2, 0.25) is 0 Å². The van der Waals surface area contributed by atoms with E-state index in [9.17, 15) is 0 Å². The number of thioether (sulfide) groups is 2. The minimum absolute atomic E-state index is 0.772. The lowest BCUT2D eigenvalue weighted by molar-refractivity contribution is 0.167. The standard InChI is InChI=1S/C6H12OS2/c1-6-8-4-2-7-3-5-9-6/h6H,2-5H2,1H3. The molecular weight excluding hydrogens is 152 g/mol. The van der Waals surface area contributed by atoms with Crippen molar-refractivity contribution in [1.82, 2.24) is 0 Å². The summed E-state index contributed by atoms with van der Waals surface area (Å²) in [4.78, 5) is 0. The molecule has 1 heterocycles. The predicted molar refractivity (Wildman–Crippen MR) is 45.2 cm³/mol. The van der Waals surface area contributed by atoms with Crippen molar-refractivity contribution in [1.29, 1.82) is 0 Å². The summed E-state index contributed by atoms with van der Waals surface area (Å²) in [6, 6.07) is 0. The van der Waals surface area contributed by atoms with Gasteiger partial charge in [0, 0.05) is 16.1 Å². The van der Waals surface area contributed by atoms with Crippen LogP contribution in [0.3, 0.4) is 0 Å². The Kier molecular flexibility index (Phi) is 3.86. The van der Waals surface area contributed by atoms with Gasteiger partial charge in [-0.15, -0.1) is 23.5 Å². The lowest BCUT2D eigenvalue weighted by Gasteiger charge is -2.14. The average molecular weight is 164 g/mol. The van der Waals surface area contributed by atoms with E-state index in [-0.39, 0.29) is 0 Å². The first kappa shape index (κ1) is 7.76. The topological polar surface area (TPSA) is 9.23 Å². The monoisotopic (exact) mass is 164 g/mol. The summed E-state index contributed by atoms with van der Waals surface area (Å²) >= 11 is 3.98. The Labute approximate surface area is 64.9 Å². The van der Waals surface area contributed by atoms with Crippen molar-refractivity contribution in [3.63, 3.8) is 0 Å². The van der Waals surface area contributed by atoms with Crippen molar-refractivity contribution in [2.24, 2.45) is 0 Å². The fourth-order valence-electron chi connectivity index (χ4n) is 0.696. The summed E-state index contributed by atoms with van der Waals surface area (Å²) in [5, 5.41) is 0. The summed E-state index contributed by atoms with van der Waals surface area (Å²) in [6.45, 7) is 4.14. The maximum absolute atomic E-state index is 5.28. The van der Waals surface area contributed by atoms with E-state index in [1.807, 2.05) is 23.5 Å². The normalized spacial score (nSPS) is 25.0. The van der Waals surface area contributed by atoms with Gasteiger partial charge >= 0.3 is 0 Å². The molecule has 0 aliphatic carbocycles. The number of hydrogen-bond acceptors (Lipinski definition) is 3. The zero-order valence-electron chi connectivity index (χ0n) is 5.63. The first-order chi connectivity index (χ1) is 4.39. The summed E-state index contributed by atoms with van der Waals surface area (Å²) in [5.41, 5.74) is 0. The number of ether oxygens (including phenoxy) is 1. The Morgan fingerprint density at radius 3 is 2.33 bits per heavy atom. The van der Waals surface area contributed by atoms with Gasteiger partial charge in [0.25, 0.3) is 0 Å². The van der Waals surface area contributed by atoms with Gasteiger partial charge in [0.1, 0.15) is 0 Å². The molecule has 0 atom stereocenters. The molecule has 3 heteroatoms. The fourth-order valence-corrected chi connectivity index (χ4v) is 2.75. The molecule has 0 aromatic rings. The van der Waals surface area contributed by atoms with Crippen LogP contribution in [0.25, 0.3) is 0 Å². The second kappa shape index (κ2) is 4.47. The van der Waals surface area contributed by atoms with Crippen LogP contribution >= 0.6 is 23.5 Å². The molecule has 1 saturated heterocycles. The largest absolute Gasteiger partial charge is 0.380 e. The van der Waals surface area contributed by atoms with Gasteiger partial charge in [-0.05, 0) is 6.92 Å². The van der Waals surface area contributed by atoms with Crippen LogP contribution in [0.4, 0.5) is 0 Å². The van der Waals surface area contributed by atoms with Gasteiger partial charge in [0.15, 0.2) is 0 Å². The van der Waals surface area contributed by atoms with Crippen molar-refractivity contribution in [2.45, 2.75) is 11.5 Å². The maximum atomic E-state index is 5.28. The molecule has 1 rings (SSSR count). The van der Waals surface area contributed by atoms with Crippen LogP contribution < -0.4 is 0 Å². The van der Waals surface area contributed by atoms with Crippen molar-refractivity contribution in [3.8, 4) is 0 Å². The van der Waals surface area contributed by atoms with Crippen molar-refractivity contribution in [3.05, 3.63) is 0 Å². The highest BCUT2D eigenvalue weighted by Gasteiger charge is 2.05. The highest BCUT2D eigenvalue weighted by molar-refractivity contribution is 8.17. The highest BCUT2D eigenvalue weighted by Crippen LogP contribution is 2.23. The highest BCUT2D eigenvalue weighted by atomic mass is 32.2. The Balaban J connectivity index is 2.12. The molecule has 1 aliphatic heterocycles. The summed E-state index contributed by atoms with van der Waals surface area (Å²) in [5.74, 6) is 2.32. The fraction of sp³-hybridized carbons (Fsp3) is 1.00. The van der Waals surface area contributed by atoms with Crippen LogP contribution in [0.5, 0.6) is 0 Å². The van der Waals surface area contributed by atoms with E-state index >= 15 is 0 Å². The maximum Gasteiger partial charge on any atom is 0.0557 e. The van der Waals surface area contributed by atoms with Crippen LogP contribution in [0.2, 0.25) is 0 Å². The Hall–Kier alpha value is 0.660. The van der Waals surface area contributed by atoms with E-state index < -0.39 is 0 Å². The predicted octanol–water partition coefficient (Wildman–Crippen LogP) is 1.83. The van der Waals surface area contributed by atoms with Crippen molar-refractivity contribution >= 4 is 23.5 Å². The molecule has 0 amide bonds. The van der Waals surface area contributed by atoms with E-state index in [0.29, 0.717) is 0 Å². The van der Waals surface area contributed by atoms with Gasteiger partial charge in [-0.3, -0.25) is 0 Å². The van der Waals surface area contributed by atoms with Crippen LogP contribution in [0, 0.1) is 0 Å². The second-order valence-corrected chi connectivity index (χ2v) is 5.12. The molecular formula is C6H12OS2. The number of hydrogen-bond donors (Lipinski definition) is 0. The third-order valence-corrected chi connectivity index (χ3v) is 3.72. The SMILES string of the molecule is CC1SCCOCCS1. The molecule has 0 aromatic carbocycles. The lowest BCUT2D eigenvalue weighted by Crippen LogP contribution is -2.08. The molecule has 0 saturated carbocycles. The Bertz CT molecular complexity index is 69.5. The molecule has 1 nitrogen and oxygen atoms in total. The van der Waals surface area contributed by atoms with Gasteiger partial charge in [0.05, 0.1) is 13.2 Å². The lowest BCUT2D eigenvalue weighted by atomic mass is 10.8. The summed E-state index contributed by atoms with van der Waals surface area (Å²) < 4.78 is 6.05. The number of rotatable bonds is 0. The molecule has 0 unspecified atom stereocenters. The third-order valence-electron chi connectivity index (χ3n) is 1.16. The molecule has 0 N–H and O–H groups in total. The third kappa shape index (κ3) is 3.38. The molecule has 1 fully saturated rings. The Morgan fingerprint density at radius 1 is 1.22 bits per heavy atom. The molecule has 0 radical (unpaired) electrons. The molecule has 0 aromatic heterocycles. The molecule has 9 heavy (non-hydrogen) atoms. The minimum atomic E-state index is 0.772. The molecule has 0 bridgehead atoms. The van der Waals surface area contributed by atoms with Crippen molar-refractivity contribution < 1.29 is 4.74 Å². The molecule has 1 aliphatic rings. The first-order valence-electron chi connectivity index (χ1n) is 3.20. The average Bonchev–Trinajstić information content (AvgIpc) is 1.79. The van der Waals surface area contributed by atoms with E-state index in [0.717, 1.165) is 29.3 Å². The van der Waals surface area contributed by atoms with Crippen LogP contribution in [0.15, 0.2) is 0 Å². The van der Waals surface area contributed by atoms with E-state index in [2.05, 4.69) is 6.92 Å². The van der Waals surface area contributed by atoms with Crippen LogP contribution in [-0.2, 0) is 4.74 Å². The van der Waals surface area contributed by atoms with Gasteiger partial charge < -0.3 is 4.74 Å². The Morgan fingerprint density at radius 2 is 1.78 bits per heavy atom. The molecule has 54 valence electrons. The zero-order valence-corrected chi connectivity index (χ0v) is 7.26. The van der Waals surface area contributed by atoms with E-state index in [1.54, 1.807) is 0 Å². The zero-order chi connectivity index (χ0) is 6.53. The summed E-state index contributed by atoms with van der Waals surface area (Å²) in [7, 11) is 0.